The summed E-state index contributed by atoms with van der Waals surface area (Å²) in [6, 6.07) is 17.3. The third-order valence-electron chi connectivity index (χ3n) is 5.78. The highest BCUT2D eigenvalue weighted by molar-refractivity contribution is 5.94. The Kier molecular flexibility index (Phi) is 6.07. The highest BCUT2D eigenvalue weighted by Crippen LogP contribution is 2.17. The van der Waals surface area contributed by atoms with E-state index in [1.165, 1.54) is 5.56 Å². The molecule has 6 heteroatoms. The smallest absolute Gasteiger partial charge is 0.260 e. The van der Waals surface area contributed by atoms with Crippen molar-refractivity contribution in [2.75, 3.05) is 32.8 Å². The first kappa shape index (κ1) is 20.7. The van der Waals surface area contributed by atoms with Crippen LogP contribution in [0.2, 0.25) is 0 Å². The number of aryl methyl sites for hydroxylation is 2. The molecule has 1 aromatic heterocycles. The lowest BCUT2D eigenvalue weighted by atomic mass is 10.1. The van der Waals surface area contributed by atoms with Crippen molar-refractivity contribution in [3.8, 4) is 11.4 Å². The highest BCUT2D eigenvalue weighted by Gasteiger charge is 2.25. The Labute approximate surface area is 182 Å². The SMILES string of the molecule is Cc1ccc(OCC(=O)N2CCN(C(=O)c3ccc(-n4cccc4)cc3)CC2)cc1C. The van der Waals surface area contributed by atoms with Gasteiger partial charge in [-0.05, 0) is 73.5 Å². The molecule has 2 aromatic carbocycles. The van der Waals surface area contributed by atoms with E-state index in [9.17, 15) is 9.59 Å². The first-order valence-corrected chi connectivity index (χ1v) is 10.5. The van der Waals surface area contributed by atoms with Gasteiger partial charge in [0.25, 0.3) is 11.8 Å². The fraction of sp³-hybridized carbons (Fsp3) is 0.280. The molecule has 0 unspecified atom stereocenters. The first-order chi connectivity index (χ1) is 15.0. The standard InChI is InChI=1S/C25H27N3O3/c1-19-5-10-23(17-20(19)2)31-18-24(29)27-13-15-28(16-14-27)25(30)21-6-8-22(9-7-21)26-11-3-4-12-26/h3-12,17H,13-16,18H2,1-2H3. The molecule has 1 aliphatic rings. The monoisotopic (exact) mass is 417 g/mol. The van der Waals surface area contributed by atoms with Crippen LogP contribution in [0.5, 0.6) is 5.75 Å². The number of piperazine rings is 1. The summed E-state index contributed by atoms with van der Waals surface area (Å²) in [6.45, 7) is 6.15. The van der Waals surface area contributed by atoms with Crippen LogP contribution < -0.4 is 4.74 Å². The Morgan fingerprint density at radius 1 is 0.839 bits per heavy atom. The Bertz CT molecular complexity index is 1050. The molecule has 1 fully saturated rings. The molecule has 0 saturated carbocycles. The van der Waals surface area contributed by atoms with Crippen LogP contribution >= 0.6 is 0 Å². The van der Waals surface area contributed by atoms with Crippen molar-refractivity contribution in [2.45, 2.75) is 13.8 Å². The van der Waals surface area contributed by atoms with E-state index in [-0.39, 0.29) is 18.4 Å². The van der Waals surface area contributed by atoms with Gasteiger partial charge < -0.3 is 19.1 Å². The van der Waals surface area contributed by atoms with E-state index >= 15 is 0 Å². The molecule has 160 valence electrons. The molecule has 6 nitrogen and oxygen atoms in total. The summed E-state index contributed by atoms with van der Waals surface area (Å²) in [5.74, 6) is 0.646. The second-order valence-corrected chi connectivity index (χ2v) is 7.84. The van der Waals surface area contributed by atoms with Gasteiger partial charge in [0, 0.05) is 49.8 Å². The number of hydrogen-bond donors (Lipinski definition) is 0. The normalized spacial score (nSPS) is 13.9. The minimum absolute atomic E-state index is 0.00228. The molecule has 1 saturated heterocycles. The Hall–Kier alpha value is -3.54. The topological polar surface area (TPSA) is 54.8 Å². The molecule has 1 aliphatic heterocycles. The molecule has 2 amide bonds. The fourth-order valence-electron chi connectivity index (χ4n) is 3.66. The average molecular weight is 418 g/mol. The van der Waals surface area contributed by atoms with Crippen LogP contribution in [0, 0.1) is 13.8 Å². The van der Waals surface area contributed by atoms with Crippen LogP contribution in [0.3, 0.4) is 0 Å². The average Bonchev–Trinajstić information content (AvgIpc) is 3.34. The van der Waals surface area contributed by atoms with Crippen LogP contribution in [0.15, 0.2) is 67.0 Å². The highest BCUT2D eigenvalue weighted by atomic mass is 16.5. The van der Waals surface area contributed by atoms with E-state index in [4.69, 9.17) is 4.74 Å². The zero-order chi connectivity index (χ0) is 21.8. The maximum absolute atomic E-state index is 12.8. The number of carbonyl (C=O) groups is 2. The summed E-state index contributed by atoms with van der Waals surface area (Å²) < 4.78 is 7.67. The lowest BCUT2D eigenvalue weighted by molar-refractivity contribution is -0.134. The second kappa shape index (κ2) is 9.08. The van der Waals surface area contributed by atoms with E-state index in [2.05, 4.69) is 0 Å². The van der Waals surface area contributed by atoms with Gasteiger partial charge in [-0.2, -0.15) is 0 Å². The predicted octanol–water partition coefficient (Wildman–Crippen LogP) is 3.46. The number of ether oxygens (including phenoxy) is 1. The lowest BCUT2D eigenvalue weighted by Gasteiger charge is -2.34. The predicted molar refractivity (Wildman–Crippen MR) is 120 cm³/mol. The van der Waals surface area contributed by atoms with Crippen molar-refractivity contribution in [1.82, 2.24) is 14.4 Å². The van der Waals surface area contributed by atoms with E-state index in [0.717, 1.165) is 11.3 Å². The summed E-state index contributed by atoms with van der Waals surface area (Å²) in [4.78, 5) is 28.9. The molecule has 0 atom stereocenters. The van der Waals surface area contributed by atoms with Crippen LogP contribution in [0.4, 0.5) is 0 Å². The van der Waals surface area contributed by atoms with Gasteiger partial charge in [-0.1, -0.05) is 6.07 Å². The van der Waals surface area contributed by atoms with E-state index in [0.29, 0.717) is 37.5 Å². The minimum atomic E-state index is -0.0543. The molecule has 0 N–H and O–H groups in total. The van der Waals surface area contributed by atoms with E-state index in [1.54, 1.807) is 9.80 Å². The van der Waals surface area contributed by atoms with Crippen molar-refractivity contribution < 1.29 is 14.3 Å². The van der Waals surface area contributed by atoms with Crippen LogP contribution in [-0.2, 0) is 4.79 Å². The Balaban J connectivity index is 1.28. The van der Waals surface area contributed by atoms with Gasteiger partial charge in [-0.15, -0.1) is 0 Å². The molecular weight excluding hydrogens is 390 g/mol. The third-order valence-corrected chi connectivity index (χ3v) is 5.78. The van der Waals surface area contributed by atoms with E-state index < -0.39 is 0 Å². The molecule has 4 rings (SSSR count). The van der Waals surface area contributed by atoms with Crippen LogP contribution in [-0.4, -0.2) is 59.0 Å². The zero-order valence-corrected chi connectivity index (χ0v) is 18.0. The fourth-order valence-corrected chi connectivity index (χ4v) is 3.66. The molecular formula is C25H27N3O3. The molecule has 2 heterocycles. The second-order valence-electron chi connectivity index (χ2n) is 7.84. The van der Waals surface area contributed by atoms with Crippen molar-refractivity contribution in [3.05, 3.63) is 83.7 Å². The molecule has 3 aromatic rings. The minimum Gasteiger partial charge on any atom is -0.484 e. The maximum atomic E-state index is 12.8. The van der Waals surface area contributed by atoms with Crippen molar-refractivity contribution in [1.29, 1.82) is 0 Å². The number of carbonyl (C=O) groups excluding carboxylic acids is 2. The van der Waals surface area contributed by atoms with Gasteiger partial charge in [0.1, 0.15) is 5.75 Å². The van der Waals surface area contributed by atoms with Crippen molar-refractivity contribution >= 4 is 11.8 Å². The number of amides is 2. The Morgan fingerprint density at radius 3 is 2.13 bits per heavy atom. The van der Waals surface area contributed by atoms with Crippen LogP contribution in [0.25, 0.3) is 5.69 Å². The van der Waals surface area contributed by atoms with E-state index in [1.807, 2.05) is 85.4 Å². The number of nitrogens with zero attached hydrogens (tertiary/aromatic N) is 3. The first-order valence-electron chi connectivity index (χ1n) is 10.5. The number of rotatable bonds is 5. The maximum Gasteiger partial charge on any atom is 0.260 e. The zero-order valence-electron chi connectivity index (χ0n) is 18.0. The number of aromatic nitrogens is 1. The lowest BCUT2D eigenvalue weighted by Crippen LogP contribution is -2.51. The summed E-state index contributed by atoms with van der Waals surface area (Å²) >= 11 is 0. The summed E-state index contributed by atoms with van der Waals surface area (Å²) in [6.07, 6.45) is 3.94. The summed E-state index contributed by atoms with van der Waals surface area (Å²) in [5, 5.41) is 0. The van der Waals surface area contributed by atoms with Gasteiger partial charge in [-0.25, -0.2) is 0 Å². The third kappa shape index (κ3) is 4.79. The van der Waals surface area contributed by atoms with Crippen molar-refractivity contribution in [3.63, 3.8) is 0 Å². The Morgan fingerprint density at radius 2 is 1.48 bits per heavy atom. The molecule has 0 radical (unpaired) electrons. The number of benzene rings is 2. The quantitative estimate of drug-likeness (QED) is 0.639. The van der Waals surface area contributed by atoms with Gasteiger partial charge >= 0.3 is 0 Å². The van der Waals surface area contributed by atoms with Gasteiger partial charge in [0.05, 0.1) is 0 Å². The van der Waals surface area contributed by atoms with Crippen molar-refractivity contribution in [2.24, 2.45) is 0 Å². The van der Waals surface area contributed by atoms with Gasteiger partial charge in [0.15, 0.2) is 6.61 Å². The largest absolute Gasteiger partial charge is 0.484 e. The van der Waals surface area contributed by atoms with Gasteiger partial charge in [-0.3, -0.25) is 9.59 Å². The molecule has 0 aliphatic carbocycles. The molecule has 0 spiro atoms. The molecule has 0 bridgehead atoms. The number of hydrogen-bond acceptors (Lipinski definition) is 3. The van der Waals surface area contributed by atoms with Crippen LogP contribution in [0.1, 0.15) is 21.5 Å². The summed E-state index contributed by atoms with van der Waals surface area (Å²) in [7, 11) is 0. The molecule has 31 heavy (non-hydrogen) atoms. The van der Waals surface area contributed by atoms with Gasteiger partial charge in [0.2, 0.25) is 0 Å². The summed E-state index contributed by atoms with van der Waals surface area (Å²) in [5.41, 5.74) is 4.01.